The molecule has 0 aromatic heterocycles. The summed E-state index contributed by atoms with van der Waals surface area (Å²) < 4.78 is 12.2. The number of hydrogen-bond acceptors (Lipinski definition) is 2. The van der Waals surface area contributed by atoms with Gasteiger partial charge in [0, 0.05) is 10.7 Å². The number of aryl methyl sites for hydroxylation is 4. The van der Waals surface area contributed by atoms with Gasteiger partial charge in [0.25, 0.3) is 0 Å². The van der Waals surface area contributed by atoms with Crippen LogP contribution in [0.2, 0.25) is 0 Å². The second-order valence-electron chi connectivity index (χ2n) is 10.5. The fourth-order valence-electron chi connectivity index (χ4n) is 5.96. The van der Waals surface area contributed by atoms with E-state index in [0.29, 0.717) is 13.2 Å². The van der Waals surface area contributed by atoms with Crippen molar-refractivity contribution < 1.29 is 9.47 Å². The summed E-state index contributed by atoms with van der Waals surface area (Å²) in [5.41, 5.74) is 10.1. The van der Waals surface area contributed by atoms with Gasteiger partial charge in [-0.1, -0.05) is 80.4 Å². The van der Waals surface area contributed by atoms with Crippen LogP contribution in [0, 0.1) is 27.7 Å². The fraction of sp³-hybridized carbons (Fsp3) is 0.278. The Kier molecular flexibility index (Phi) is 9.17. The van der Waals surface area contributed by atoms with Gasteiger partial charge in [-0.15, -0.1) is 0 Å². The van der Waals surface area contributed by atoms with Gasteiger partial charge in [-0.3, -0.25) is 0 Å². The molecule has 0 fully saturated rings. The number of hydrogen-bond donors (Lipinski definition) is 0. The Balaban J connectivity index is 1.76. The molecule has 0 atom stereocenters. The highest BCUT2D eigenvalue weighted by Gasteiger charge is 2.21. The minimum absolute atomic E-state index is 0.711. The number of alkyl halides is 2. The summed E-state index contributed by atoms with van der Waals surface area (Å²) in [6, 6.07) is 26.5. The molecule has 0 radical (unpaired) electrons. The van der Waals surface area contributed by atoms with Crippen LogP contribution >= 0.6 is 31.9 Å². The van der Waals surface area contributed by atoms with E-state index in [9.17, 15) is 0 Å². The summed E-state index contributed by atoms with van der Waals surface area (Å²) >= 11 is 7.00. The molecule has 5 aromatic rings. The third-order valence-corrected chi connectivity index (χ3v) is 8.66. The van der Waals surface area contributed by atoms with Gasteiger partial charge in [-0.2, -0.15) is 0 Å². The lowest BCUT2D eigenvalue weighted by molar-refractivity contribution is 0.318. The standard InChI is InChI=1S/C36H36Br2O2/c1-23-19-27(39-17-9-15-37)20-24(2)33(23)35-29-11-5-7-13-31(29)36(32-14-8-6-12-30(32)35)34-25(3)21-28(22-26(34)4)40-18-10-16-38/h5-8,11-14,19-22H,9-10,15-18H2,1-4H3. The molecule has 40 heavy (non-hydrogen) atoms. The molecule has 206 valence electrons. The van der Waals surface area contributed by atoms with Gasteiger partial charge in [0.2, 0.25) is 0 Å². The number of fused-ring (bicyclic) bond motifs is 2. The summed E-state index contributed by atoms with van der Waals surface area (Å²) in [5, 5.41) is 6.97. The second-order valence-corrected chi connectivity index (χ2v) is 12.1. The van der Waals surface area contributed by atoms with E-state index < -0.39 is 0 Å². The predicted molar refractivity (Wildman–Crippen MR) is 179 cm³/mol. The monoisotopic (exact) mass is 658 g/mol. The fourth-order valence-corrected chi connectivity index (χ4v) is 6.42. The van der Waals surface area contributed by atoms with Crippen molar-refractivity contribution in [2.45, 2.75) is 40.5 Å². The van der Waals surface area contributed by atoms with Crippen molar-refractivity contribution in [2.75, 3.05) is 23.9 Å². The summed E-state index contributed by atoms with van der Waals surface area (Å²) in [6.45, 7) is 10.3. The Hall–Kier alpha value is -2.82. The van der Waals surface area contributed by atoms with E-state index in [1.54, 1.807) is 0 Å². The lowest BCUT2D eigenvalue weighted by Gasteiger charge is -2.22. The van der Waals surface area contributed by atoms with Gasteiger partial charge < -0.3 is 9.47 Å². The van der Waals surface area contributed by atoms with Gasteiger partial charge >= 0.3 is 0 Å². The first-order chi connectivity index (χ1) is 19.4. The Bertz CT molecular complexity index is 1450. The van der Waals surface area contributed by atoms with Crippen molar-refractivity contribution in [1.82, 2.24) is 0 Å². The van der Waals surface area contributed by atoms with E-state index in [4.69, 9.17) is 9.47 Å². The quantitative estimate of drug-likeness (QED) is 0.0843. The molecule has 0 aliphatic rings. The molecule has 0 unspecified atom stereocenters. The largest absolute Gasteiger partial charge is 0.494 e. The van der Waals surface area contributed by atoms with Crippen LogP contribution < -0.4 is 9.47 Å². The van der Waals surface area contributed by atoms with Crippen LogP contribution in [-0.4, -0.2) is 23.9 Å². The Labute approximate surface area is 255 Å². The first kappa shape index (κ1) is 28.7. The maximum absolute atomic E-state index is 6.08. The zero-order valence-electron chi connectivity index (χ0n) is 23.7. The maximum Gasteiger partial charge on any atom is 0.119 e. The van der Waals surface area contributed by atoms with Gasteiger partial charge in [-0.05, 0) is 131 Å². The van der Waals surface area contributed by atoms with Crippen LogP contribution in [-0.2, 0) is 0 Å². The molecule has 0 saturated carbocycles. The minimum atomic E-state index is 0.711. The molecule has 0 amide bonds. The van der Waals surface area contributed by atoms with Crippen molar-refractivity contribution in [1.29, 1.82) is 0 Å². The van der Waals surface area contributed by atoms with Gasteiger partial charge in [0.15, 0.2) is 0 Å². The summed E-state index contributed by atoms with van der Waals surface area (Å²) in [4.78, 5) is 0. The molecular weight excluding hydrogens is 624 g/mol. The Morgan fingerprint density at radius 1 is 0.475 bits per heavy atom. The summed E-state index contributed by atoms with van der Waals surface area (Å²) in [5.74, 6) is 1.88. The highest BCUT2D eigenvalue weighted by atomic mass is 79.9. The van der Waals surface area contributed by atoms with Gasteiger partial charge in [-0.25, -0.2) is 0 Å². The van der Waals surface area contributed by atoms with Crippen LogP contribution in [0.4, 0.5) is 0 Å². The lowest BCUT2D eigenvalue weighted by atomic mass is 9.82. The maximum atomic E-state index is 6.08. The number of rotatable bonds is 10. The number of benzene rings is 5. The van der Waals surface area contributed by atoms with E-state index >= 15 is 0 Å². The molecule has 0 bridgehead atoms. The summed E-state index contributed by atoms with van der Waals surface area (Å²) in [6.07, 6.45) is 1.97. The van der Waals surface area contributed by atoms with Crippen molar-refractivity contribution in [3.05, 3.63) is 95.1 Å². The Morgan fingerprint density at radius 3 is 1.05 bits per heavy atom. The molecule has 5 rings (SSSR count). The smallest absolute Gasteiger partial charge is 0.119 e. The number of halogens is 2. The number of ether oxygens (including phenoxy) is 2. The average Bonchev–Trinajstić information content (AvgIpc) is 2.93. The highest BCUT2D eigenvalue weighted by Crippen LogP contribution is 2.47. The van der Waals surface area contributed by atoms with Crippen LogP contribution in [0.5, 0.6) is 11.5 Å². The third-order valence-electron chi connectivity index (χ3n) is 7.54. The van der Waals surface area contributed by atoms with Crippen LogP contribution in [0.15, 0.2) is 72.8 Å². The molecule has 0 spiro atoms. The molecule has 0 saturated heterocycles. The van der Waals surface area contributed by atoms with Crippen LogP contribution in [0.25, 0.3) is 43.8 Å². The molecule has 0 aliphatic carbocycles. The Morgan fingerprint density at radius 2 is 0.775 bits per heavy atom. The molecule has 4 heteroatoms. The van der Waals surface area contributed by atoms with Crippen molar-refractivity contribution >= 4 is 53.4 Å². The first-order valence-electron chi connectivity index (χ1n) is 14.0. The zero-order chi connectivity index (χ0) is 28.2. The van der Waals surface area contributed by atoms with E-state index in [1.807, 2.05) is 0 Å². The van der Waals surface area contributed by atoms with Crippen molar-refractivity contribution in [3.63, 3.8) is 0 Å². The SMILES string of the molecule is Cc1cc(OCCCBr)cc(C)c1-c1c2ccccc2c(-c2c(C)cc(OCCCBr)cc2C)c2ccccc12. The average molecular weight is 660 g/mol. The van der Waals surface area contributed by atoms with E-state index in [2.05, 4.69) is 132 Å². The van der Waals surface area contributed by atoms with Gasteiger partial charge in [0.05, 0.1) is 13.2 Å². The predicted octanol–water partition coefficient (Wildman–Crippen LogP) is 10.9. The van der Waals surface area contributed by atoms with E-state index in [1.165, 1.54) is 66.1 Å². The molecule has 2 nitrogen and oxygen atoms in total. The summed E-state index contributed by atoms with van der Waals surface area (Å²) in [7, 11) is 0. The second kappa shape index (κ2) is 12.8. The third kappa shape index (κ3) is 5.66. The van der Waals surface area contributed by atoms with Crippen molar-refractivity contribution in [2.24, 2.45) is 0 Å². The molecule has 5 aromatic carbocycles. The van der Waals surface area contributed by atoms with Crippen molar-refractivity contribution in [3.8, 4) is 33.8 Å². The lowest BCUT2D eigenvalue weighted by Crippen LogP contribution is -2.01. The zero-order valence-corrected chi connectivity index (χ0v) is 26.9. The van der Waals surface area contributed by atoms with Crippen LogP contribution in [0.1, 0.15) is 35.1 Å². The molecular formula is C36H36Br2O2. The molecule has 0 heterocycles. The normalized spacial score (nSPS) is 11.3. The van der Waals surface area contributed by atoms with Gasteiger partial charge in [0.1, 0.15) is 11.5 Å². The van der Waals surface area contributed by atoms with E-state index in [-0.39, 0.29) is 0 Å². The molecule has 0 N–H and O–H groups in total. The molecule has 0 aliphatic heterocycles. The first-order valence-corrected chi connectivity index (χ1v) is 16.2. The topological polar surface area (TPSA) is 18.5 Å². The van der Waals surface area contributed by atoms with E-state index in [0.717, 1.165) is 35.0 Å². The highest BCUT2D eigenvalue weighted by molar-refractivity contribution is 9.09. The minimum Gasteiger partial charge on any atom is -0.494 e. The van der Waals surface area contributed by atoms with Crippen LogP contribution in [0.3, 0.4) is 0 Å².